The number of thioether (sulfide) groups is 1. The van der Waals surface area contributed by atoms with E-state index in [2.05, 4.69) is 22.4 Å². The van der Waals surface area contributed by atoms with E-state index < -0.39 is 5.91 Å². The molecule has 1 aliphatic rings. The second-order valence-corrected chi connectivity index (χ2v) is 5.75. The Kier molecular flexibility index (Phi) is 3.92. The lowest BCUT2D eigenvalue weighted by Crippen LogP contribution is -2.11. The highest BCUT2D eigenvalue weighted by Crippen LogP contribution is 2.30. The number of nitrogens with zero attached hydrogens (tertiary/aromatic N) is 1. The van der Waals surface area contributed by atoms with E-state index in [0.717, 1.165) is 16.6 Å². The molecule has 3 N–H and O–H groups in total. The summed E-state index contributed by atoms with van der Waals surface area (Å²) in [5, 5.41) is 4.17. The number of amidine groups is 1. The average Bonchev–Trinajstić information content (AvgIpc) is 2.97. The van der Waals surface area contributed by atoms with Gasteiger partial charge < -0.3 is 11.1 Å². The van der Waals surface area contributed by atoms with Gasteiger partial charge in [0.05, 0.1) is 6.04 Å². The molecule has 2 aromatic rings. The number of aliphatic imine (C=N–C) groups is 1. The molecule has 4 nitrogen and oxygen atoms in total. The van der Waals surface area contributed by atoms with Crippen molar-refractivity contribution >= 4 is 28.5 Å². The van der Waals surface area contributed by atoms with E-state index in [1.807, 2.05) is 30.3 Å². The monoisotopic (exact) mass is 297 g/mol. The number of nitrogens with one attached hydrogen (secondary N) is 1. The predicted octanol–water partition coefficient (Wildman–Crippen LogP) is 3.04. The van der Waals surface area contributed by atoms with Gasteiger partial charge in [-0.05, 0) is 29.8 Å². The topological polar surface area (TPSA) is 67.5 Å². The maximum atomic E-state index is 11.0. The Morgan fingerprint density at radius 2 is 1.86 bits per heavy atom. The first kappa shape index (κ1) is 13.7. The van der Waals surface area contributed by atoms with Crippen molar-refractivity contribution in [3.63, 3.8) is 0 Å². The molecular weight excluding hydrogens is 282 g/mol. The second kappa shape index (κ2) is 6.01. The molecule has 1 aliphatic heterocycles. The zero-order chi connectivity index (χ0) is 14.7. The number of primary amides is 1. The van der Waals surface area contributed by atoms with Gasteiger partial charge in [-0.1, -0.05) is 42.1 Å². The molecule has 0 radical (unpaired) electrons. The highest BCUT2D eigenvalue weighted by Gasteiger charge is 2.19. The van der Waals surface area contributed by atoms with Crippen LogP contribution in [0.15, 0.2) is 59.6 Å². The van der Waals surface area contributed by atoms with Gasteiger partial charge in [-0.15, -0.1) is 0 Å². The summed E-state index contributed by atoms with van der Waals surface area (Å²) >= 11 is 1.70. The summed E-state index contributed by atoms with van der Waals surface area (Å²) in [5.41, 5.74) is 7.86. The third-order valence-corrected chi connectivity index (χ3v) is 4.22. The summed E-state index contributed by atoms with van der Waals surface area (Å²) in [5.74, 6) is 0.518. The first-order chi connectivity index (χ1) is 10.2. The van der Waals surface area contributed by atoms with E-state index in [0.29, 0.717) is 5.56 Å². The van der Waals surface area contributed by atoms with E-state index in [1.54, 1.807) is 23.9 Å². The van der Waals surface area contributed by atoms with Gasteiger partial charge >= 0.3 is 0 Å². The molecular formula is C16H15N3OS. The Morgan fingerprint density at radius 1 is 1.14 bits per heavy atom. The van der Waals surface area contributed by atoms with E-state index in [9.17, 15) is 4.79 Å². The maximum Gasteiger partial charge on any atom is 0.248 e. The zero-order valence-corrected chi connectivity index (χ0v) is 12.1. The molecule has 1 atom stereocenters. The van der Waals surface area contributed by atoms with Crippen LogP contribution in [0, 0.1) is 0 Å². The number of benzene rings is 2. The number of amides is 1. The van der Waals surface area contributed by atoms with Crippen LogP contribution in [0.5, 0.6) is 0 Å². The van der Waals surface area contributed by atoms with Crippen LogP contribution in [0.25, 0.3) is 0 Å². The SMILES string of the molecule is NC(=O)c1ccc(NC2=NC(c3ccccc3)CS2)cc1. The predicted molar refractivity (Wildman–Crippen MR) is 87.7 cm³/mol. The number of nitrogens with two attached hydrogens (primary N) is 1. The summed E-state index contributed by atoms with van der Waals surface area (Å²) in [6.45, 7) is 0. The molecule has 5 heteroatoms. The minimum Gasteiger partial charge on any atom is -0.366 e. The quantitative estimate of drug-likeness (QED) is 0.915. The highest BCUT2D eigenvalue weighted by atomic mass is 32.2. The van der Waals surface area contributed by atoms with Crippen molar-refractivity contribution < 1.29 is 4.79 Å². The molecule has 106 valence electrons. The van der Waals surface area contributed by atoms with Crippen molar-refractivity contribution in [2.24, 2.45) is 10.7 Å². The Bertz CT molecular complexity index is 668. The van der Waals surface area contributed by atoms with Gasteiger partial charge in [-0.2, -0.15) is 0 Å². The van der Waals surface area contributed by atoms with E-state index in [1.165, 1.54) is 5.56 Å². The van der Waals surface area contributed by atoms with Crippen LogP contribution >= 0.6 is 11.8 Å². The van der Waals surface area contributed by atoms with Crippen molar-refractivity contribution in [3.8, 4) is 0 Å². The molecule has 1 amide bonds. The van der Waals surface area contributed by atoms with Crippen LogP contribution in [0.2, 0.25) is 0 Å². The molecule has 0 spiro atoms. The van der Waals surface area contributed by atoms with Gasteiger partial charge in [0, 0.05) is 17.0 Å². The smallest absolute Gasteiger partial charge is 0.248 e. The highest BCUT2D eigenvalue weighted by molar-refractivity contribution is 8.14. The normalized spacial score (nSPS) is 17.3. The van der Waals surface area contributed by atoms with Gasteiger partial charge in [-0.25, -0.2) is 0 Å². The third kappa shape index (κ3) is 3.25. The lowest BCUT2D eigenvalue weighted by Gasteiger charge is -2.05. The molecule has 21 heavy (non-hydrogen) atoms. The fraction of sp³-hybridized carbons (Fsp3) is 0.125. The molecule has 1 heterocycles. The summed E-state index contributed by atoms with van der Waals surface area (Å²) in [6.07, 6.45) is 0. The molecule has 2 aromatic carbocycles. The molecule has 0 aliphatic carbocycles. The fourth-order valence-corrected chi connectivity index (χ4v) is 3.10. The van der Waals surface area contributed by atoms with Gasteiger partial charge in [0.2, 0.25) is 5.91 Å². The molecule has 1 unspecified atom stereocenters. The minimum atomic E-state index is -0.418. The molecule has 0 saturated carbocycles. The van der Waals surface area contributed by atoms with E-state index in [4.69, 9.17) is 5.73 Å². The molecule has 0 aromatic heterocycles. The maximum absolute atomic E-state index is 11.0. The van der Waals surface area contributed by atoms with Crippen LogP contribution in [0.4, 0.5) is 5.69 Å². The second-order valence-electron chi connectivity index (χ2n) is 4.74. The number of hydrogen-bond acceptors (Lipinski definition) is 4. The van der Waals surface area contributed by atoms with Crippen molar-refractivity contribution in [1.29, 1.82) is 0 Å². The molecule has 0 saturated heterocycles. The Morgan fingerprint density at radius 3 is 2.52 bits per heavy atom. The summed E-state index contributed by atoms with van der Waals surface area (Å²) in [7, 11) is 0. The average molecular weight is 297 g/mol. The molecule has 0 fully saturated rings. The summed E-state index contributed by atoms with van der Waals surface area (Å²) in [4.78, 5) is 15.7. The Balaban J connectivity index is 1.70. The van der Waals surface area contributed by atoms with Crippen LogP contribution in [-0.4, -0.2) is 16.8 Å². The standard InChI is InChI=1S/C16H15N3OS/c17-15(20)12-6-8-13(9-7-12)18-16-19-14(10-21-16)11-4-2-1-3-5-11/h1-9,14H,10H2,(H2,17,20)(H,18,19). The Labute approximate surface area is 127 Å². The van der Waals surface area contributed by atoms with Crippen molar-refractivity contribution in [2.45, 2.75) is 6.04 Å². The number of hydrogen-bond donors (Lipinski definition) is 2. The summed E-state index contributed by atoms with van der Waals surface area (Å²) < 4.78 is 0. The lowest BCUT2D eigenvalue weighted by molar-refractivity contribution is 0.100. The number of carbonyl (C=O) groups excluding carboxylic acids is 1. The fourth-order valence-electron chi connectivity index (χ4n) is 2.13. The number of rotatable bonds is 3. The van der Waals surface area contributed by atoms with Crippen molar-refractivity contribution in [1.82, 2.24) is 0 Å². The van der Waals surface area contributed by atoms with E-state index in [-0.39, 0.29) is 6.04 Å². The number of carbonyl (C=O) groups is 1. The van der Waals surface area contributed by atoms with Crippen LogP contribution in [0.3, 0.4) is 0 Å². The van der Waals surface area contributed by atoms with Crippen LogP contribution in [-0.2, 0) is 0 Å². The third-order valence-electron chi connectivity index (χ3n) is 3.26. The first-order valence-electron chi connectivity index (χ1n) is 6.65. The zero-order valence-electron chi connectivity index (χ0n) is 11.3. The number of anilines is 1. The van der Waals surface area contributed by atoms with Gasteiger partial charge in [0.1, 0.15) is 0 Å². The first-order valence-corrected chi connectivity index (χ1v) is 7.63. The van der Waals surface area contributed by atoms with Crippen LogP contribution < -0.4 is 11.1 Å². The van der Waals surface area contributed by atoms with Crippen LogP contribution in [0.1, 0.15) is 22.0 Å². The van der Waals surface area contributed by atoms with Crippen molar-refractivity contribution in [2.75, 3.05) is 11.1 Å². The van der Waals surface area contributed by atoms with Crippen molar-refractivity contribution in [3.05, 3.63) is 65.7 Å². The molecule has 0 bridgehead atoms. The van der Waals surface area contributed by atoms with Gasteiger partial charge in [0.25, 0.3) is 0 Å². The lowest BCUT2D eigenvalue weighted by atomic mass is 10.1. The van der Waals surface area contributed by atoms with Gasteiger partial charge in [-0.3, -0.25) is 9.79 Å². The Hall–Kier alpha value is -2.27. The largest absolute Gasteiger partial charge is 0.366 e. The van der Waals surface area contributed by atoms with E-state index >= 15 is 0 Å². The minimum absolute atomic E-state index is 0.198. The van der Waals surface area contributed by atoms with Gasteiger partial charge in [0.15, 0.2) is 5.17 Å². The molecule has 3 rings (SSSR count). The summed E-state index contributed by atoms with van der Waals surface area (Å²) in [6, 6.07) is 17.5.